The molecule has 1 N–H and O–H groups in total. The Bertz CT molecular complexity index is 432. The van der Waals surface area contributed by atoms with Crippen LogP contribution in [0.3, 0.4) is 0 Å². The van der Waals surface area contributed by atoms with E-state index >= 15 is 0 Å². The highest BCUT2D eigenvalue weighted by Crippen LogP contribution is 2.21. The van der Waals surface area contributed by atoms with E-state index in [1.807, 2.05) is 22.6 Å². The summed E-state index contributed by atoms with van der Waals surface area (Å²) in [7, 11) is 0. The number of hydrogen-bond acceptors (Lipinski definition) is 2. The second-order valence-electron chi connectivity index (χ2n) is 3.49. The van der Waals surface area contributed by atoms with Crippen LogP contribution in [0.1, 0.15) is 10.4 Å². The number of benzene rings is 1. The van der Waals surface area contributed by atoms with Gasteiger partial charge in [-0.1, -0.05) is 15.9 Å². The molecule has 0 atom stereocenters. The molecule has 0 unspecified atom stereocenters. The predicted octanol–water partition coefficient (Wildman–Crippen LogP) is 3.10. The maximum atomic E-state index is 12.4. The highest BCUT2D eigenvalue weighted by molar-refractivity contribution is 14.1. The SMILES string of the molecule is O=C(c1cc(I)ccc1O)N(CCBr)CC(F)F. The van der Waals surface area contributed by atoms with Gasteiger partial charge in [0.2, 0.25) is 0 Å². The quantitative estimate of drug-likeness (QED) is 0.572. The molecule has 1 rings (SSSR count). The van der Waals surface area contributed by atoms with E-state index in [-0.39, 0.29) is 17.9 Å². The third-order valence-corrected chi connectivity index (χ3v) is 3.21. The number of hydrogen-bond donors (Lipinski definition) is 1. The molecule has 100 valence electrons. The number of phenolic OH excluding ortho intramolecular Hbond substituents is 1. The number of carbonyl (C=O) groups is 1. The molecule has 18 heavy (non-hydrogen) atoms. The Kier molecular flexibility index (Phi) is 6.27. The van der Waals surface area contributed by atoms with Crippen molar-refractivity contribution >= 4 is 44.4 Å². The molecule has 0 aliphatic carbocycles. The lowest BCUT2D eigenvalue weighted by molar-refractivity contribution is 0.0570. The first kappa shape index (κ1) is 15.6. The van der Waals surface area contributed by atoms with Crippen molar-refractivity contribution in [1.29, 1.82) is 0 Å². The van der Waals surface area contributed by atoms with E-state index in [2.05, 4.69) is 15.9 Å². The van der Waals surface area contributed by atoms with E-state index in [0.29, 0.717) is 5.33 Å². The molecule has 0 aromatic heterocycles. The van der Waals surface area contributed by atoms with Crippen molar-refractivity contribution in [2.75, 3.05) is 18.4 Å². The molecule has 0 heterocycles. The average molecular weight is 434 g/mol. The minimum absolute atomic E-state index is 0.0449. The van der Waals surface area contributed by atoms with Crippen LogP contribution in [-0.4, -0.2) is 40.8 Å². The van der Waals surface area contributed by atoms with Crippen LogP contribution < -0.4 is 0 Å². The van der Waals surface area contributed by atoms with E-state index in [9.17, 15) is 18.7 Å². The van der Waals surface area contributed by atoms with Crippen molar-refractivity contribution in [1.82, 2.24) is 4.90 Å². The van der Waals surface area contributed by atoms with E-state index < -0.39 is 18.9 Å². The summed E-state index contributed by atoms with van der Waals surface area (Å²) in [6.45, 7) is -0.483. The Hall–Kier alpha value is -0.440. The normalized spacial score (nSPS) is 10.7. The third kappa shape index (κ3) is 4.34. The zero-order chi connectivity index (χ0) is 13.7. The summed E-state index contributed by atoms with van der Waals surface area (Å²) in [4.78, 5) is 13.1. The van der Waals surface area contributed by atoms with Crippen LogP contribution in [0.25, 0.3) is 0 Å². The highest BCUT2D eigenvalue weighted by atomic mass is 127. The van der Waals surface area contributed by atoms with Crippen molar-refractivity contribution in [2.24, 2.45) is 0 Å². The van der Waals surface area contributed by atoms with Gasteiger partial charge in [-0.25, -0.2) is 8.78 Å². The van der Waals surface area contributed by atoms with Crippen LogP contribution in [0, 0.1) is 3.57 Å². The molecular formula is C11H11BrF2INO2. The summed E-state index contributed by atoms with van der Waals surface area (Å²) in [6.07, 6.45) is -2.60. The largest absolute Gasteiger partial charge is 0.507 e. The number of aromatic hydroxyl groups is 1. The molecule has 3 nitrogen and oxygen atoms in total. The second-order valence-corrected chi connectivity index (χ2v) is 5.53. The molecular weight excluding hydrogens is 423 g/mol. The number of rotatable bonds is 5. The van der Waals surface area contributed by atoms with Crippen molar-refractivity contribution < 1.29 is 18.7 Å². The number of nitrogens with zero attached hydrogens (tertiary/aromatic N) is 1. The predicted molar refractivity (Wildman–Crippen MR) is 76.5 cm³/mol. The fraction of sp³-hybridized carbons (Fsp3) is 0.364. The smallest absolute Gasteiger partial charge is 0.257 e. The molecule has 1 aromatic rings. The van der Waals surface area contributed by atoms with Crippen LogP contribution in [0.4, 0.5) is 8.78 Å². The van der Waals surface area contributed by atoms with Crippen molar-refractivity contribution in [3.05, 3.63) is 27.3 Å². The van der Waals surface area contributed by atoms with Crippen molar-refractivity contribution in [2.45, 2.75) is 6.43 Å². The average Bonchev–Trinajstić information content (AvgIpc) is 2.30. The molecule has 0 aliphatic rings. The topological polar surface area (TPSA) is 40.5 Å². The van der Waals surface area contributed by atoms with Gasteiger partial charge in [0.05, 0.1) is 12.1 Å². The van der Waals surface area contributed by atoms with Gasteiger partial charge in [0.15, 0.2) is 0 Å². The minimum Gasteiger partial charge on any atom is -0.507 e. The van der Waals surface area contributed by atoms with E-state index in [0.717, 1.165) is 8.47 Å². The Morgan fingerprint density at radius 2 is 2.17 bits per heavy atom. The summed E-state index contributed by atoms with van der Waals surface area (Å²) in [5.41, 5.74) is 0.0449. The van der Waals surface area contributed by atoms with Gasteiger partial charge in [0.25, 0.3) is 12.3 Å². The van der Waals surface area contributed by atoms with Gasteiger partial charge in [-0.3, -0.25) is 4.79 Å². The zero-order valence-electron chi connectivity index (χ0n) is 9.25. The minimum atomic E-state index is -2.60. The molecule has 0 aliphatic heterocycles. The third-order valence-electron chi connectivity index (χ3n) is 2.19. The van der Waals surface area contributed by atoms with Crippen LogP contribution >= 0.6 is 38.5 Å². The maximum Gasteiger partial charge on any atom is 0.257 e. The second kappa shape index (κ2) is 7.22. The summed E-state index contributed by atoms with van der Waals surface area (Å²) < 4.78 is 25.5. The first-order valence-electron chi connectivity index (χ1n) is 5.07. The lowest BCUT2D eigenvalue weighted by atomic mass is 10.1. The number of carbonyl (C=O) groups excluding carboxylic acids is 1. The summed E-state index contributed by atoms with van der Waals surface area (Å²) in [5.74, 6) is -0.792. The Morgan fingerprint density at radius 3 is 2.72 bits per heavy atom. The summed E-state index contributed by atoms with van der Waals surface area (Å²) in [5, 5.41) is 10.0. The standard InChI is InChI=1S/C11H11BrF2INO2/c12-3-4-16(6-10(13)14)11(18)8-5-7(15)1-2-9(8)17/h1-2,5,10,17H,3-4,6H2. The van der Waals surface area contributed by atoms with E-state index in [4.69, 9.17) is 0 Å². The van der Waals surface area contributed by atoms with Crippen LogP contribution in [0.15, 0.2) is 18.2 Å². The van der Waals surface area contributed by atoms with Gasteiger partial charge in [0, 0.05) is 15.4 Å². The Morgan fingerprint density at radius 1 is 1.50 bits per heavy atom. The molecule has 0 saturated carbocycles. The maximum absolute atomic E-state index is 12.4. The molecule has 1 aromatic carbocycles. The monoisotopic (exact) mass is 433 g/mol. The van der Waals surface area contributed by atoms with Gasteiger partial charge >= 0.3 is 0 Å². The molecule has 0 radical (unpaired) electrons. The zero-order valence-corrected chi connectivity index (χ0v) is 13.0. The first-order chi connectivity index (χ1) is 8.45. The summed E-state index contributed by atoms with van der Waals surface area (Å²) >= 11 is 5.10. The fourth-order valence-corrected chi connectivity index (χ4v) is 2.31. The van der Waals surface area contributed by atoms with Crippen molar-refractivity contribution in [3.8, 4) is 5.75 Å². The molecule has 1 amide bonds. The molecule has 0 saturated heterocycles. The highest BCUT2D eigenvalue weighted by Gasteiger charge is 2.21. The van der Waals surface area contributed by atoms with E-state index in [1.165, 1.54) is 12.1 Å². The fourth-order valence-electron chi connectivity index (χ4n) is 1.39. The number of halogens is 4. The Labute approximate surface area is 125 Å². The van der Waals surface area contributed by atoms with Crippen LogP contribution in [0.5, 0.6) is 5.75 Å². The lowest BCUT2D eigenvalue weighted by Crippen LogP contribution is -2.36. The number of alkyl halides is 3. The van der Waals surface area contributed by atoms with Crippen LogP contribution in [0.2, 0.25) is 0 Å². The molecule has 7 heteroatoms. The Balaban J connectivity index is 2.97. The van der Waals surface area contributed by atoms with Gasteiger partial charge < -0.3 is 10.0 Å². The van der Waals surface area contributed by atoms with Crippen molar-refractivity contribution in [3.63, 3.8) is 0 Å². The molecule has 0 spiro atoms. The summed E-state index contributed by atoms with van der Waals surface area (Å²) in [6, 6.07) is 4.49. The van der Waals surface area contributed by atoms with Gasteiger partial charge in [-0.2, -0.15) is 0 Å². The van der Waals surface area contributed by atoms with Gasteiger partial charge in [-0.05, 0) is 40.8 Å². The van der Waals surface area contributed by atoms with Gasteiger partial charge in [0.1, 0.15) is 5.75 Å². The first-order valence-corrected chi connectivity index (χ1v) is 7.27. The lowest BCUT2D eigenvalue weighted by Gasteiger charge is -2.21. The van der Waals surface area contributed by atoms with E-state index in [1.54, 1.807) is 6.07 Å². The molecule has 0 bridgehead atoms. The number of amides is 1. The van der Waals surface area contributed by atoms with Gasteiger partial charge in [-0.15, -0.1) is 0 Å². The number of phenols is 1. The molecule has 0 fully saturated rings. The van der Waals surface area contributed by atoms with Crippen LogP contribution in [-0.2, 0) is 0 Å².